The summed E-state index contributed by atoms with van der Waals surface area (Å²) in [6, 6.07) is 14.8. The highest BCUT2D eigenvalue weighted by Gasteiger charge is 2.18. The first-order chi connectivity index (χ1) is 14.9. The van der Waals surface area contributed by atoms with Crippen molar-refractivity contribution in [2.24, 2.45) is 0 Å². The number of ether oxygens (including phenoxy) is 1. The molecule has 0 aliphatic rings. The van der Waals surface area contributed by atoms with Gasteiger partial charge in [0.2, 0.25) is 0 Å². The molecule has 160 valence electrons. The number of nitrogens with zero attached hydrogens (tertiary/aromatic N) is 1. The molecule has 1 heterocycles. The van der Waals surface area contributed by atoms with Crippen molar-refractivity contribution in [1.82, 2.24) is 5.16 Å². The van der Waals surface area contributed by atoms with Gasteiger partial charge in [-0.2, -0.15) is 0 Å². The van der Waals surface area contributed by atoms with Crippen LogP contribution in [0.25, 0.3) is 17.3 Å². The van der Waals surface area contributed by atoms with Gasteiger partial charge in [0.05, 0.1) is 6.42 Å². The quantitative estimate of drug-likeness (QED) is 0.429. The summed E-state index contributed by atoms with van der Waals surface area (Å²) in [5, 5.41) is 13.2. The van der Waals surface area contributed by atoms with E-state index in [9.17, 15) is 9.59 Å². The number of carboxylic acid groups (broad SMARTS) is 1. The van der Waals surface area contributed by atoms with Crippen LogP contribution in [0.5, 0.6) is 0 Å². The van der Waals surface area contributed by atoms with Crippen LogP contribution in [-0.4, -0.2) is 22.2 Å². The number of carboxylic acids is 1. The van der Waals surface area contributed by atoms with E-state index < -0.39 is 18.0 Å². The second-order valence-electron chi connectivity index (χ2n) is 6.98. The molecule has 31 heavy (non-hydrogen) atoms. The van der Waals surface area contributed by atoms with Gasteiger partial charge in [-0.1, -0.05) is 71.4 Å². The van der Waals surface area contributed by atoms with Gasteiger partial charge in [0, 0.05) is 28.1 Å². The van der Waals surface area contributed by atoms with Gasteiger partial charge in [0.15, 0.2) is 0 Å². The number of carbonyl (C=O) groups is 2. The van der Waals surface area contributed by atoms with E-state index in [0.29, 0.717) is 22.7 Å². The third-order valence-corrected chi connectivity index (χ3v) is 4.99. The molecular formula is C24H22ClNO5. The average molecular weight is 440 g/mol. The van der Waals surface area contributed by atoms with Gasteiger partial charge in [-0.15, -0.1) is 0 Å². The molecule has 0 radical (unpaired) electrons. The molecule has 1 aromatic heterocycles. The largest absolute Gasteiger partial charge is 0.481 e. The van der Waals surface area contributed by atoms with Crippen LogP contribution in [0.15, 0.2) is 65.4 Å². The molecule has 0 saturated carbocycles. The molecule has 0 aliphatic heterocycles. The zero-order valence-corrected chi connectivity index (χ0v) is 17.7. The lowest BCUT2D eigenvalue weighted by Crippen LogP contribution is -2.12. The molecule has 6 nitrogen and oxygen atoms in total. The summed E-state index contributed by atoms with van der Waals surface area (Å²) < 4.78 is 10.6. The van der Waals surface area contributed by atoms with E-state index in [1.807, 2.05) is 54.6 Å². The molecule has 7 heteroatoms. The van der Waals surface area contributed by atoms with Crippen LogP contribution in [0, 0.1) is 0 Å². The SMILES string of the molecule is C[C@@H](OC(=O)Cc1conc1-c1ccc(/C=C/CCC(=O)O)cc1)c1ccccc1Cl. The number of hydrogen-bond acceptors (Lipinski definition) is 5. The number of allylic oxidation sites excluding steroid dienone is 1. The Balaban J connectivity index is 1.63. The minimum atomic E-state index is -0.821. The predicted octanol–water partition coefficient (Wildman–Crippen LogP) is 5.72. The Morgan fingerprint density at radius 2 is 1.94 bits per heavy atom. The van der Waals surface area contributed by atoms with Crippen LogP contribution < -0.4 is 0 Å². The van der Waals surface area contributed by atoms with Crippen LogP contribution in [0.3, 0.4) is 0 Å². The van der Waals surface area contributed by atoms with Crippen molar-refractivity contribution < 1.29 is 24.0 Å². The number of aromatic nitrogens is 1. The highest BCUT2D eigenvalue weighted by atomic mass is 35.5. The lowest BCUT2D eigenvalue weighted by atomic mass is 10.0. The molecule has 0 saturated heterocycles. The van der Waals surface area contributed by atoms with Crippen molar-refractivity contribution in [2.45, 2.75) is 32.3 Å². The number of benzene rings is 2. The van der Waals surface area contributed by atoms with Gasteiger partial charge < -0.3 is 14.4 Å². The maximum Gasteiger partial charge on any atom is 0.311 e. The molecule has 0 bridgehead atoms. The Labute approximate surface area is 185 Å². The summed E-state index contributed by atoms with van der Waals surface area (Å²) >= 11 is 6.17. The number of halogens is 1. The second-order valence-corrected chi connectivity index (χ2v) is 7.38. The average Bonchev–Trinajstić information content (AvgIpc) is 3.19. The van der Waals surface area contributed by atoms with Crippen molar-refractivity contribution >= 4 is 29.6 Å². The lowest BCUT2D eigenvalue weighted by molar-refractivity contribution is -0.147. The fourth-order valence-corrected chi connectivity index (χ4v) is 3.35. The van der Waals surface area contributed by atoms with Crippen LogP contribution >= 0.6 is 11.6 Å². The summed E-state index contributed by atoms with van der Waals surface area (Å²) in [6.07, 6.45) is 5.24. The first-order valence-electron chi connectivity index (χ1n) is 9.80. The highest BCUT2D eigenvalue weighted by Crippen LogP contribution is 2.27. The molecule has 2 aromatic carbocycles. The summed E-state index contributed by atoms with van der Waals surface area (Å²) in [5.74, 6) is -1.23. The number of aliphatic carboxylic acids is 1. The van der Waals surface area contributed by atoms with Crippen molar-refractivity contribution in [1.29, 1.82) is 0 Å². The molecule has 0 fully saturated rings. The van der Waals surface area contributed by atoms with E-state index in [2.05, 4.69) is 5.16 Å². The summed E-state index contributed by atoms with van der Waals surface area (Å²) in [7, 11) is 0. The highest BCUT2D eigenvalue weighted by molar-refractivity contribution is 6.31. The lowest BCUT2D eigenvalue weighted by Gasteiger charge is -2.14. The summed E-state index contributed by atoms with van der Waals surface area (Å²) in [4.78, 5) is 23.0. The monoisotopic (exact) mass is 439 g/mol. The maximum atomic E-state index is 12.5. The van der Waals surface area contributed by atoms with E-state index in [1.165, 1.54) is 6.26 Å². The van der Waals surface area contributed by atoms with Gasteiger partial charge in [0.1, 0.15) is 18.1 Å². The van der Waals surface area contributed by atoms with Crippen molar-refractivity contribution in [3.63, 3.8) is 0 Å². The fraction of sp³-hybridized carbons (Fsp3) is 0.208. The first-order valence-corrected chi connectivity index (χ1v) is 10.2. The Hall–Kier alpha value is -3.38. The Kier molecular flexibility index (Phi) is 7.62. The third kappa shape index (κ3) is 6.30. The number of esters is 1. The number of hydrogen-bond donors (Lipinski definition) is 1. The molecule has 1 atom stereocenters. The van der Waals surface area contributed by atoms with Crippen molar-refractivity contribution in [2.75, 3.05) is 0 Å². The van der Waals surface area contributed by atoms with E-state index >= 15 is 0 Å². The molecule has 0 spiro atoms. The smallest absolute Gasteiger partial charge is 0.311 e. The van der Waals surface area contributed by atoms with Crippen LogP contribution in [0.2, 0.25) is 5.02 Å². The fourth-order valence-electron chi connectivity index (χ4n) is 3.06. The van der Waals surface area contributed by atoms with Gasteiger partial charge in [-0.25, -0.2) is 0 Å². The van der Waals surface area contributed by atoms with E-state index in [4.69, 9.17) is 26.0 Å². The zero-order chi connectivity index (χ0) is 22.2. The minimum Gasteiger partial charge on any atom is -0.481 e. The molecule has 3 aromatic rings. The van der Waals surface area contributed by atoms with E-state index in [1.54, 1.807) is 13.0 Å². The van der Waals surface area contributed by atoms with Gasteiger partial charge in [-0.3, -0.25) is 9.59 Å². The number of carbonyl (C=O) groups excluding carboxylic acids is 1. The van der Waals surface area contributed by atoms with Crippen LogP contribution in [0.4, 0.5) is 0 Å². The Morgan fingerprint density at radius 1 is 1.19 bits per heavy atom. The predicted molar refractivity (Wildman–Crippen MR) is 118 cm³/mol. The molecule has 3 rings (SSSR count). The van der Waals surface area contributed by atoms with Crippen LogP contribution in [-0.2, 0) is 20.7 Å². The molecule has 0 amide bonds. The zero-order valence-electron chi connectivity index (χ0n) is 17.0. The Morgan fingerprint density at radius 3 is 2.65 bits per heavy atom. The van der Waals surface area contributed by atoms with E-state index in [0.717, 1.165) is 16.7 Å². The van der Waals surface area contributed by atoms with E-state index in [-0.39, 0.29) is 12.8 Å². The molecule has 0 aliphatic carbocycles. The summed E-state index contributed by atoms with van der Waals surface area (Å²) in [5.41, 5.74) is 3.69. The van der Waals surface area contributed by atoms with Gasteiger partial charge >= 0.3 is 11.9 Å². The first kappa shape index (κ1) is 22.3. The number of rotatable bonds is 9. The molecule has 0 unspecified atom stereocenters. The molecule has 1 N–H and O–H groups in total. The standard InChI is InChI=1S/C24H22ClNO5/c1-16(20-7-3-4-8-21(20)25)31-23(29)14-19-15-30-26-24(19)18-12-10-17(11-13-18)6-2-5-9-22(27)28/h2-4,6-8,10-13,15-16H,5,9,14H2,1H3,(H,27,28)/b6-2+/t16-/m1/s1. The Bertz CT molecular complexity index is 1070. The van der Waals surface area contributed by atoms with Gasteiger partial charge in [-0.05, 0) is 25.0 Å². The van der Waals surface area contributed by atoms with Crippen molar-refractivity contribution in [3.05, 3.63) is 82.6 Å². The van der Waals surface area contributed by atoms with Crippen molar-refractivity contribution in [3.8, 4) is 11.3 Å². The maximum absolute atomic E-state index is 12.5. The second kappa shape index (κ2) is 10.6. The van der Waals surface area contributed by atoms with Crippen LogP contribution in [0.1, 0.15) is 42.6 Å². The molecular weight excluding hydrogens is 418 g/mol. The minimum absolute atomic E-state index is 0.0183. The summed E-state index contributed by atoms with van der Waals surface area (Å²) in [6.45, 7) is 1.77. The third-order valence-electron chi connectivity index (χ3n) is 4.65. The topological polar surface area (TPSA) is 89.6 Å². The van der Waals surface area contributed by atoms with Gasteiger partial charge in [0.25, 0.3) is 0 Å². The normalized spacial score (nSPS) is 12.1.